The Hall–Kier alpha value is -3.91. The second kappa shape index (κ2) is 11.3. The maximum absolute atomic E-state index is 13.6. The molecular weight excluding hydrogens is 556 g/mol. The SMILES string of the molecule is Cc1nc(F)ccc1Oc1ncc(C(F)(F)F)c(C)c1C(=O)Nc1cccc([S@@](C)(=O)=NC(=O)[C@H]2CCOC2)c1. The summed E-state index contributed by atoms with van der Waals surface area (Å²) in [6.45, 7) is 3.11. The first-order valence-corrected chi connectivity index (χ1v) is 13.8. The highest BCUT2D eigenvalue weighted by Gasteiger charge is 2.36. The van der Waals surface area contributed by atoms with Gasteiger partial charge in [-0.15, -0.1) is 0 Å². The van der Waals surface area contributed by atoms with Crippen LogP contribution in [-0.4, -0.2) is 45.5 Å². The molecule has 1 aliphatic rings. The number of anilines is 1. The number of nitrogens with one attached hydrogen (secondary N) is 1. The summed E-state index contributed by atoms with van der Waals surface area (Å²) in [5, 5.41) is 2.47. The maximum Gasteiger partial charge on any atom is 0.418 e. The molecule has 14 heteroatoms. The zero-order valence-corrected chi connectivity index (χ0v) is 22.4. The minimum absolute atomic E-state index is 0.0197. The number of halogens is 4. The van der Waals surface area contributed by atoms with Crippen molar-refractivity contribution in [2.45, 2.75) is 31.3 Å². The summed E-state index contributed by atoms with van der Waals surface area (Å²) in [6.07, 6.45) is -2.54. The Bertz CT molecular complexity index is 1600. The fourth-order valence-electron chi connectivity index (χ4n) is 3.97. The molecule has 2 amide bonds. The summed E-state index contributed by atoms with van der Waals surface area (Å²) < 4.78 is 82.3. The first kappa shape index (κ1) is 29.1. The molecule has 4 rings (SSSR count). The van der Waals surface area contributed by atoms with E-state index in [4.69, 9.17) is 9.47 Å². The lowest BCUT2D eigenvalue weighted by Gasteiger charge is -2.17. The Labute approximate surface area is 227 Å². The van der Waals surface area contributed by atoms with Gasteiger partial charge in [-0.05, 0) is 56.2 Å². The fraction of sp³-hybridized carbons (Fsp3) is 0.308. The Morgan fingerprint density at radius 1 is 1.20 bits per heavy atom. The number of aromatic nitrogens is 2. The number of carbonyl (C=O) groups is 2. The number of pyridine rings is 2. The third-order valence-electron chi connectivity index (χ3n) is 6.12. The number of carbonyl (C=O) groups excluding carboxylic acids is 2. The van der Waals surface area contributed by atoms with Crippen LogP contribution < -0.4 is 10.1 Å². The molecule has 0 spiro atoms. The van der Waals surface area contributed by atoms with Crippen molar-refractivity contribution in [3.8, 4) is 11.6 Å². The number of nitrogens with zero attached hydrogens (tertiary/aromatic N) is 3. The second-order valence-electron chi connectivity index (χ2n) is 9.07. The average molecular weight is 581 g/mol. The molecule has 3 aromatic rings. The van der Waals surface area contributed by atoms with Crippen molar-refractivity contribution in [3.05, 3.63) is 70.9 Å². The minimum Gasteiger partial charge on any atom is -0.436 e. The van der Waals surface area contributed by atoms with E-state index in [2.05, 4.69) is 19.6 Å². The average Bonchev–Trinajstić information content (AvgIpc) is 3.40. The lowest BCUT2D eigenvalue weighted by molar-refractivity contribution is -0.138. The predicted molar refractivity (Wildman–Crippen MR) is 136 cm³/mol. The molecule has 212 valence electrons. The van der Waals surface area contributed by atoms with Crippen molar-refractivity contribution < 1.29 is 40.8 Å². The van der Waals surface area contributed by atoms with Crippen LogP contribution in [0.2, 0.25) is 0 Å². The summed E-state index contributed by atoms with van der Waals surface area (Å²) in [5.74, 6) is -3.33. The second-order valence-corrected chi connectivity index (χ2v) is 11.3. The molecule has 1 N–H and O–H groups in total. The van der Waals surface area contributed by atoms with Crippen molar-refractivity contribution in [2.75, 3.05) is 24.8 Å². The summed E-state index contributed by atoms with van der Waals surface area (Å²) in [7, 11) is -3.22. The molecular formula is C26H24F4N4O5S. The fourth-order valence-corrected chi connectivity index (χ4v) is 5.25. The van der Waals surface area contributed by atoms with Gasteiger partial charge in [0, 0.05) is 29.6 Å². The Kier molecular flexibility index (Phi) is 8.21. The number of hydrogen-bond acceptors (Lipinski definition) is 7. The molecule has 1 aliphatic heterocycles. The van der Waals surface area contributed by atoms with Crippen molar-refractivity contribution in [1.29, 1.82) is 0 Å². The summed E-state index contributed by atoms with van der Waals surface area (Å²) >= 11 is 0. The van der Waals surface area contributed by atoms with Gasteiger partial charge in [0.05, 0.1) is 33.5 Å². The van der Waals surface area contributed by atoms with Gasteiger partial charge >= 0.3 is 6.18 Å². The maximum atomic E-state index is 13.6. The molecule has 0 unspecified atom stereocenters. The highest BCUT2D eigenvalue weighted by molar-refractivity contribution is 7.93. The number of benzene rings is 1. The van der Waals surface area contributed by atoms with Gasteiger partial charge in [-0.1, -0.05) is 6.07 Å². The van der Waals surface area contributed by atoms with Crippen LogP contribution in [0.5, 0.6) is 11.6 Å². The number of hydrogen-bond donors (Lipinski definition) is 1. The van der Waals surface area contributed by atoms with Crippen LogP contribution in [0.4, 0.5) is 23.2 Å². The normalized spacial score (nSPS) is 16.7. The van der Waals surface area contributed by atoms with Crippen LogP contribution in [0.3, 0.4) is 0 Å². The first-order chi connectivity index (χ1) is 18.8. The van der Waals surface area contributed by atoms with Gasteiger partial charge in [0.1, 0.15) is 5.56 Å². The van der Waals surface area contributed by atoms with E-state index in [0.29, 0.717) is 19.2 Å². The van der Waals surface area contributed by atoms with Crippen LogP contribution >= 0.6 is 0 Å². The van der Waals surface area contributed by atoms with E-state index in [1.54, 1.807) is 0 Å². The van der Waals surface area contributed by atoms with E-state index < -0.39 is 62.2 Å². The summed E-state index contributed by atoms with van der Waals surface area (Å²) in [5.41, 5.74) is -1.98. The number of alkyl halides is 3. The number of amides is 2. The third kappa shape index (κ3) is 6.45. The largest absolute Gasteiger partial charge is 0.436 e. The number of aryl methyl sites for hydroxylation is 1. The molecule has 9 nitrogen and oxygen atoms in total. The standard InChI is InChI=1S/C26H24F4N4O5S/c1-14-19(26(28,29)30)12-31-25(39-20-7-8-21(27)32-15(20)2)22(14)24(36)33-17-5-4-6-18(11-17)40(3,37)34-23(35)16-9-10-38-13-16/h4-8,11-12,16H,9-10,13H2,1-3H3,(H,33,36)/t16-,40+/m0/s1. The van der Waals surface area contributed by atoms with E-state index in [1.807, 2.05) is 0 Å². The Balaban J connectivity index is 1.69. The van der Waals surface area contributed by atoms with Crippen LogP contribution in [-0.2, 0) is 25.4 Å². The van der Waals surface area contributed by atoms with Crippen molar-refractivity contribution >= 4 is 27.2 Å². The zero-order chi connectivity index (χ0) is 29.2. The molecule has 2 aromatic heterocycles. The van der Waals surface area contributed by atoms with Crippen molar-refractivity contribution in [2.24, 2.45) is 10.3 Å². The van der Waals surface area contributed by atoms with Crippen molar-refractivity contribution in [1.82, 2.24) is 9.97 Å². The predicted octanol–water partition coefficient (Wildman–Crippen LogP) is 5.32. The molecule has 2 atom stereocenters. The highest BCUT2D eigenvalue weighted by Crippen LogP contribution is 2.37. The van der Waals surface area contributed by atoms with Gasteiger partial charge in [-0.3, -0.25) is 9.59 Å². The molecule has 3 heterocycles. The van der Waals surface area contributed by atoms with Gasteiger partial charge in [0.15, 0.2) is 5.75 Å². The Morgan fingerprint density at radius 3 is 2.60 bits per heavy atom. The van der Waals surface area contributed by atoms with Crippen LogP contribution in [0.25, 0.3) is 0 Å². The molecule has 0 aliphatic carbocycles. The molecule has 0 radical (unpaired) electrons. The van der Waals surface area contributed by atoms with Crippen molar-refractivity contribution in [3.63, 3.8) is 0 Å². The smallest absolute Gasteiger partial charge is 0.418 e. The van der Waals surface area contributed by atoms with E-state index in [1.165, 1.54) is 43.5 Å². The Morgan fingerprint density at radius 2 is 1.95 bits per heavy atom. The molecule has 40 heavy (non-hydrogen) atoms. The van der Waals surface area contributed by atoms with E-state index >= 15 is 0 Å². The minimum atomic E-state index is -4.82. The van der Waals surface area contributed by atoms with E-state index in [9.17, 15) is 31.4 Å². The zero-order valence-electron chi connectivity index (χ0n) is 21.5. The van der Waals surface area contributed by atoms with Gasteiger partial charge in [0.2, 0.25) is 11.8 Å². The summed E-state index contributed by atoms with van der Waals surface area (Å²) in [4.78, 5) is 33.2. The van der Waals surface area contributed by atoms with Crippen LogP contribution in [0, 0.1) is 25.7 Å². The topological polar surface area (TPSA) is 120 Å². The summed E-state index contributed by atoms with van der Waals surface area (Å²) in [6, 6.07) is 7.84. The van der Waals surface area contributed by atoms with Gasteiger partial charge < -0.3 is 14.8 Å². The van der Waals surface area contributed by atoms with Crippen LogP contribution in [0.1, 0.15) is 33.6 Å². The molecule has 0 bridgehead atoms. The molecule has 0 saturated carbocycles. The first-order valence-electron chi connectivity index (χ1n) is 11.9. The van der Waals surface area contributed by atoms with Crippen LogP contribution in [0.15, 0.2) is 51.9 Å². The molecule has 1 aromatic carbocycles. The third-order valence-corrected chi connectivity index (χ3v) is 7.78. The number of rotatable bonds is 6. The monoisotopic (exact) mass is 580 g/mol. The van der Waals surface area contributed by atoms with Gasteiger partial charge in [-0.25, -0.2) is 14.2 Å². The molecule has 1 fully saturated rings. The quantitative estimate of drug-likeness (QED) is 0.310. The number of ether oxygens (including phenoxy) is 2. The highest BCUT2D eigenvalue weighted by atomic mass is 32.2. The van der Waals surface area contributed by atoms with Gasteiger partial charge in [-0.2, -0.15) is 21.9 Å². The lowest BCUT2D eigenvalue weighted by Crippen LogP contribution is -2.19. The van der Waals surface area contributed by atoms with E-state index in [-0.39, 0.29) is 28.6 Å². The van der Waals surface area contributed by atoms with Gasteiger partial charge in [0.25, 0.3) is 11.8 Å². The van der Waals surface area contributed by atoms with E-state index in [0.717, 1.165) is 13.0 Å². The molecule has 1 saturated heterocycles. The lowest BCUT2D eigenvalue weighted by atomic mass is 10.0.